The van der Waals surface area contributed by atoms with E-state index >= 15 is 0 Å². The summed E-state index contributed by atoms with van der Waals surface area (Å²) in [4.78, 5) is 49.1. The summed E-state index contributed by atoms with van der Waals surface area (Å²) in [7, 11) is 2.55. The third-order valence-corrected chi connectivity index (χ3v) is 6.83. The van der Waals surface area contributed by atoms with E-state index in [0.717, 1.165) is 20.0 Å². The van der Waals surface area contributed by atoms with Crippen LogP contribution in [0.4, 0.5) is 0 Å². The van der Waals surface area contributed by atoms with Gasteiger partial charge in [0.1, 0.15) is 18.2 Å². The van der Waals surface area contributed by atoms with Crippen molar-refractivity contribution in [3.05, 3.63) is 0 Å². The number of hydrogen-bond donors (Lipinski definition) is 7. The van der Waals surface area contributed by atoms with Crippen molar-refractivity contribution in [3.63, 3.8) is 0 Å². The maximum absolute atomic E-state index is 12.9. The van der Waals surface area contributed by atoms with Gasteiger partial charge in [-0.05, 0) is 51.9 Å². The van der Waals surface area contributed by atoms with Crippen molar-refractivity contribution in [2.75, 3.05) is 47.1 Å². The molecule has 6 atom stereocenters. The summed E-state index contributed by atoms with van der Waals surface area (Å²) in [5.41, 5.74) is 0. The Bertz CT molecular complexity index is 820. The molecule has 7 N–H and O–H groups in total. The normalized spacial score (nSPS) is 24.1. The summed E-state index contributed by atoms with van der Waals surface area (Å²) >= 11 is 0. The van der Waals surface area contributed by atoms with Gasteiger partial charge in [-0.3, -0.25) is 19.2 Å². The van der Waals surface area contributed by atoms with Crippen LogP contribution >= 0.6 is 0 Å². The van der Waals surface area contributed by atoms with Crippen LogP contribution in [0, 0.1) is 0 Å². The highest BCUT2D eigenvalue weighted by Gasteiger charge is 2.28. The van der Waals surface area contributed by atoms with E-state index in [-0.39, 0.29) is 69.4 Å². The van der Waals surface area contributed by atoms with E-state index in [2.05, 4.69) is 21.3 Å². The Kier molecular flexibility index (Phi) is 20.7. The highest BCUT2D eigenvalue weighted by molar-refractivity contribution is 5.88. The van der Waals surface area contributed by atoms with Gasteiger partial charge in [-0.15, -0.1) is 0 Å². The zero-order valence-corrected chi connectivity index (χ0v) is 25.7. The molecular formula is C28H52N4O11. The molecule has 15 heteroatoms. The second-order valence-corrected chi connectivity index (χ2v) is 10.3. The summed E-state index contributed by atoms with van der Waals surface area (Å²) in [6.07, 6.45) is 1.26. The molecule has 0 saturated carbocycles. The van der Waals surface area contributed by atoms with Gasteiger partial charge in [-0.1, -0.05) is 0 Å². The van der Waals surface area contributed by atoms with E-state index in [0.29, 0.717) is 38.7 Å². The average molecular weight is 621 g/mol. The topological polar surface area (TPSA) is 214 Å². The van der Waals surface area contributed by atoms with Gasteiger partial charge in [0, 0.05) is 53.1 Å². The molecule has 0 bridgehead atoms. The lowest BCUT2D eigenvalue weighted by molar-refractivity contribution is -0.235. The van der Waals surface area contributed by atoms with Crippen molar-refractivity contribution in [1.29, 1.82) is 0 Å². The van der Waals surface area contributed by atoms with Gasteiger partial charge in [0.05, 0.1) is 19.3 Å². The van der Waals surface area contributed by atoms with Crippen molar-refractivity contribution in [2.24, 2.45) is 0 Å². The fourth-order valence-electron chi connectivity index (χ4n) is 4.41. The smallest absolute Gasteiger partial charge is 0.242 e. The number of ether oxygens (including phenoxy) is 4. The largest absolute Gasteiger partial charge is 0.400 e. The van der Waals surface area contributed by atoms with E-state index in [1.165, 1.54) is 0 Å². The fourth-order valence-corrected chi connectivity index (χ4v) is 4.41. The number of unbranched alkanes of at least 4 members (excludes halogenated alkanes) is 1. The van der Waals surface area contributed by atoms with E-state index in [4.69, 9.17) is 24.1 Å². The van der Waals surface area contributed by atoms with Crippen LogP contribution in [0.3, 0.4) is 0 Å². The molecule has 2 saturated heterocycles. The average Bonchev–Trinajstić information content (AvgIpc) is 3.00. The second-order valence-electron chi connectivity index (χ2n) is 10.3. The fraction of sp³-hybridized carbons (Fsp3) is 0.857. The first kappa shape index (κ1) is 38.6. The predicted octanol–water partition coefficient (Wildman–Crippen LogP) is -1.18. The summed E-state index contributed by atoms with van der Waals surface area (Å²) in [6.45, 7) is 2.97. The summed E-state index contributed by atoms with van der Waals surface area (Å²) in [6, 6.07) is -0.952. The molecule has 2 aliphatic rings. The van der Waals surface area contributed by atoms with Gasteiger partial charge in [0.25, 0.3) is 0 Å². The molecule has 43 heavy (non-hydrogen) atoms. The first-order chi connectivity index (χ1) is 20.7. The number of carbonyl (C=O) groups excluding carboxylic acids is 4. The Morgan fingerprint density at radius 3 is 2.14 bits per heavy atom. The lowest BCUT2D eigenvalue weighted by Gasteiger charge is -2.31. The molecule has 0 spiro atoms. The van der Waals surface area contributed by atoms with Crippen molar-refractivity contribution in [3.8, 4) is 0 Å². The third-order valence-electron chi connectivity index (χ3n) is 6.83. The van der Waals surface area contributed by atoms with Crippen LogP contribution in [0.25, 0.3) is 0 Å². The zero-order chi connectivity index (χ0) is 32.0. The van der Waals surface area contributed by atoms with Gasteiger partial charge >= 0.3 is 0 Å². The van der Waals surface area contributed by atoms with Gasteiger partial charge in [0.15, 0.2) is 12.6 Å². The molecule has 0 aromatic heterocycles. The molecule has 250 valence electrons. The molecule has 2 rings (SSSR count). The van der Waals surface area contributed by atoms with Gasteiger partial charge in [-0.2, -0.15) is 0 Å². The first-order valence-corrected chi connectivity index (χ1v) is 15.0. The van der Waals surface area contributed by atoms with Crippen molar-refractivity contribution in [1.82, 2.24) is 21.3 Å². The van der Waals surface area contributed by atoms with E-state index in [1.54, 1.807) is 7.05 Å². The first-order valence-electron chi connectivity index (χ1n) is 15.0. The Labute approximate surface area is 253 Å². The molecule has 4 amide bonds. The van der Waals surface area contributed by atoms with Crippen LogP contribution in [0.5, 0.6) is 0 Å². The highest BCUT2D eigenvalue weighted by Crippen LogP contribution is 2.20. The van der Waals surface area contributed by atoms with Crippen LogP contribution in [0.1, 0.15) is 71.1 Å². The highest BCUT2D eigenvalue weighted by atomic mass is 16.7. The van der Waals surface area contributed by atoms with Crippen LogP contribution in [0.15, 0.2) is 0 Å². The van der Waals surface area contributed by atoms with Crippen LogP contribution in [0.2, 0.25) is 0 Å². The molecule has 2 aliphatic heterocycles. The molecule has 15 nitrogen and oxygen atoms in total. The SMILES string of the molecule is CNC(=O)CCCCC(=O)NC(CCC(=O)NCCOC1O[C@@H](C)CCC1O)C(=O)NCCOC1OCCCC1O.CO. The van der Waals surface area contributed by atoms with Gasteiger partial charge in [0.2, 0.25) is 23.6 Å². The Morgan fingerprint density at radius 2 is 1.47 bits per heavy atom. The predicted molar refractivity (Wildman–Crippen MR) is 154 cm³/mol. The minimum Gasteiger partial charge on any atom is -0.400 e. The van der Waals surface area contributed by atoms with Crippen molar-refractivity contribution >= 4 is 23.6 Å². The number of amides is 4. The van der Waals surface area contributed by atoms with Crippen LogP contribution in [-0.2, 0) is 38.1 Å². The molecule has 0 aromatic rings. The van der Waals surface area contributed by atoms with E-state index in [9.17, 15) is 29.4 Å². The number of hydrogen-bond acceptors (Lipinski definition) is 11. The van der Waals surface area contributed by atoms with Gasteiger partial charge in [-0.25, -0.2) is 0 Å². The maximum atomic E-state index is 12.9. The number of rotatable bonds is 18. The standard InChI is InChI=1S/C27H48N4O10.CH4O/c1-18-9-11-21(33)27(41-18)40-16-13-29-23(35)12-10-19(31-24(36)8-4-3-7-22(34)28-2)25(37)30-14-17-39-26-20(32)6-5-15-38-26;1-2/h18-21,26-27,32-33H,3-17H2,1-2H3,(H,28,34)(H,29,35)(H,30,37)(H,31,36);2H,1H3/t18-,19?,20?,21?,26?,27?;/m0./s1. The quantitative estimate of drug-likeness (QED) is 0.0905. The van der Waals surface area contributed by atoms with Crippen molar-refractivity contribution < 1.29 is 53.4 Å². The molecule has 2 fully saturated rings. The third kappa shape index (κ3) is 16.9. The monoisotopic (exact) mass is 620 g/mol. The van der Waals surface area contributed by atoms with E-state index in [1.807, 2.05) is 6.92 Å². The lowest BCUT2D eigenvalue weighted by atomic mass is 10.1. The van der Waals surface area contributed by atoms with Crippen LogP contribution in [-0.4, -0.2) is 123 Å². The van der Waals surface area contributed by atoms with E-state index < -0.39 is 36.7 Å². The Morgan fingerprint density at radius 1 is 0.837 bits per heavy atom. The molecule has 2 heterocycles. The second kappa shape index (κ2) is 23.0. The maximum Gasteiger partial charge on any atom is 0.242 e. The number of aliphatic hydroxyl groups is 3. The molecule has 5 unspecified atom stereocenters. The number of nitrogens with one attached hydrogen (secondary N) is 4. The Balaban J connectivity index is 0.00000452. The molecule has 0 aromatic carbocycles. The Hall–Kier alpha value is -2.40. The zero-order valence-electron chi connectivity index (χ0n) is 25.7. The van der Waals surface area contributed by atoms with Crippen molar-refractivity contribution in [2.45, 2.75) is 108 Å². The minimum atomic E-state index is -0.952. The van der Waals surface area contributed by atoms with Gasteiger partial charge < -0.3 is 55.5 Å². The number of carbonyl (C=O) groups is 4. The number of aliphatic hydroxyl groups excluding tert-OH is 3. The molecule has 0 aliphatic carbocycles. The minimum absolute atomic E-state index is 0.00845. The lowest BCUT2D eigenvalue weighted by Crippen LogP contribution is -2.48. The van der Waals surface area contributed by atoms with Crippen LogP contribution < -0.4 is 21.3 Å². The molecule has 0 radical (unpaired) electrons. The summed E-state index contributed by atoms with van der Waals surface area (Å²) in [5, 5.41) is 37.5. The molecular weight excluding hydrogens is 568 g/mol. The summed E-state index contributed by atoms with van der Waals surface area (Å²) < 4.78 is 22.0. The summed E-state index contributed by atoms with van der Waals surface area (Å²) in [5.74, 6) is -1.25.